The highest BCUT2D eigenvalue weighted by Gasteiger charge is 1.91. The van der Waals surface area contributed by atoms with Crippen LogP contribution in [0.1, 0.15) is 0 Å². The van der Waals surface area contributed by atoms with E-state index in [9.17, 15) is 9.59 Å². The van der Waals surface area contributed by atoms with Gasteiger partial charge in [0.1, 0.15) is 5.82 Å². The molecule has 0 amide bonds. The van der Waals surface area contributed by atoms with Crippen molar-refractivity contribution in [2.24, 2.45) is 0 Å². The van der Waals surface area contributed by atoms with Crippen LogP contribution in [-0.4, -0.2) is 15.2 Å². The molecule has 1 aromatic heterocycles. The van der Waals surface area contributed by atoms with Crippen molar-refractivity contribution < 1.29 is 5.21 Å². The summed E-state index contributed by atoms with van der Waals surface area (Å²) >= 11 is 0. The molecule has 0 spiro atoms. The maximum absolute atomic E-state index is 10.4. The minimum absolute atomic E-state index is 0.0336. The van der Waals surface area contributed by atoms with Gasteiger partial charge < -0.3 is 0 Å². The van der Waals surface area contributed by atoms with E-state index in [-0.39, 0.29) is 5.82 Å². The molecule has 0 saturated heterocycles. The van der Waals surface area contributed by atoms with Crippen molar-refractivity contribution in [2.75, 3.05) is 5.48 Å². The number of rotatable bonds is 1. The minimum atomic E-state index is -0.663. The smallest absolute Gasteiger partial charge is 0.292 e. The molecule has 0 saturated carbocycles. The largest absolute Gasteiger partial charge is 0.327 e. The molecule has 6 heteroatoms. The number of anilines is 1. The molecule has 6 nitrogen and oxygen atoms in total. The van der Waals surface area contributed by atoms with Crippen LogP contribution in [0.3, 0.4) is 0 Å². The summed E-state index contributed by atoms with van der Waals surface area (Å²) < 4.78 is 0. The fraction of sp³-hybridized carbons (Fsp3) is 0. The van der Waals surface area contributed by atoms with Gasteiger partial charge in [0.2, 0.25) is 0 Å². The highest BCUT2D eigenvalue weighted by molar-refractivity contribution is 5.27. The summed E-state index contributed by atoms with van der Waals surface area (Å²) in [5.41, 5.74) is 0.401. The van der Waals surface area contributed by atoms with E-state index in [1.807, 2.05) is 4.98 Å². The van der Waals surface area contributed by atoms with Gasteiger partial charge in [-0.25, -0.2) is 4.79 Å². The van der Waals surface area contributed by atoms with Crippen molar-refractivity contribution in [3.05, 3.63) is 26.9 Å². The van der Waals surface area contributed by atoms with E-state index >= 15 is 0 Å². The fourth-order valence-corrected chi connectivity index (χ4v) is 0.529. The second-order valence-electron chi connectivity index (χ2n) is 1.61. The molecule has 1 aromatic rings. The van der Waals surface area contributed by atoms with Crippen LogP contribution < -0.4 is 16.7 Å². The molecule has 1 heterocycles. The van der Waals surface area contributed by atoms with Gasteiger partial charge in [0, 0.05) is 6.07 Å². The molecule has 0 aliphatic carbocycles. The van der Waals surface area contributed by atoms with Gasteiger partial charge in [-0.1, -0.05) is 0 Å². The first-order valence-electron chi connectivity index (χ1n) is 2.46. The average molecular weight is 143 g/mol. The first-order valence-corrected chi connectivity index (χ1v) is 2.46. The van der Waals surface area contributed by atoms with Crippen molar-refractivity contribution >= 4 is 5.82 Å². The summed E-state index contributed by atoms with van der Waals surface area (Å²) in [5.74, 6) is -0.0336. The highest BCUT2D eigenvalue weighted by Crippen LogP contribution is 1.86. The van der Waals surface area contributed by atoms with Crippen LogP contribution in [0.15, 0.2) is 15.7 Å². The zero-order valence-corrected chi connectivity index (χ0v) is 4.84. The summed E-state index contributed by atoms with van der Waals surface area (Å²) in [5, 5.41) is 8.21. The fourth-order valence-electron chi connectivity index (χ4n) is 0.529. The third-order valence-corrected chi connectivity index (χ3v) is 0.881. The van der Waals surface area contributed by atoms with Crippen LogP contribution in [0.25, 0.3) is 0 Å². The topological polar surface area (TPSA) is 98.0 Å². The lowest BCUT2D eigenvalue weighted by atomic mass is 10.6. The van der Waals surface area contributed by atoms with Crippen molar-refractivity contribution in [1.29, 1.82) is 0 Å². The Hall–Kier alpha value is -1.56. The van der Waals surface area contributed by atoms with Gasteiger partial charge in [0.05, 0.1) is 0 Å². The van der Waals surface area contributed by atoms with Crippen LogP contribution in [0, 0.1) is 0 Å². The Morgan fingerprint density at radius 2 is 2.10 bits per heavy atom. The molecule has 0 unspecified atom stereocenters. The summed E-state index contributed by atoms with van der Waals surface area (Å²) in [6.45, 7) is 0. The van der Waals surface area contributed by atoms with Crippen LogP contribution in [0.4, 0.5) is 5.82 Å². The van der Waals surface area contributed by atoms with Crippen LogP contribution in [0.5, 0.6) is 0 Å². The van der Waals surface area contributed by atoms with E-state index in [0.29, 0.717) is 0 Å². The van der Waals surface area contributed by atoms with Gasteiger partial charge in [0.25, 0.3) is 5.56 Å². The lowest BCUT2D eigenvalue weighted by Gasteiger charge is -1.93. The van der Waals surface area contributed by atoms with Crippen LogP contribution in [-0.2, 0) is 0 Å². The van der Waals surface area contributed by atoms with Gasteiger partial charge in [-0.3, -0.25) is 25.4 Å². The number of nitrogens with one attached hydrogen (secondary N) is 3. The van der Waals surface area contributed by atoms with Crippen molar-refractivity contribution in [3.63, 3.8) is 0 Å². The molecule has 4 N–H and O–H groups in total. The Morgan fingerprint density at radius 3 is 2.60 bits per heavy atom. The molecule has 0 radical (unpaired) electrons. The maximum atomic E-state index is 10.4. The molecule has 0 bridgehead atoms. The molecule has 0 atom stereocenters. The summed E-state index contributed by atoms with van der Waals surface area (Å²) in [6, 6.07) is 1.02. The molecule has 10 heavy (non-hydrogen) atoms. The lowest BCUT2D eigenvalue weighted by Crippen LogP contribution is -2.22. The van der Waals surface area contributed by atoms with Crippen molar-refractivity contribution in [1.82, 2.24) is 9.97 Å². The highest BCUT2D eigenvalue weighted by atomic mass is 16.5. The van der Waals surface area contributed by atoms with E-state index in [1.165, 1.54) is 0 Å². The van der Waals surface area contributed by atoms with E-state index < -0.39 is 11.2 Å². The van der Waals surface area contributed by atoms with E-state index in [1.54, 1.807) is 5.48 Å². The predicted molar refractivity (Wildman–Crippen MR) is 33.1 cm³/mol. The SMILES string of the molecule is O=c1cc(NO)[nH]c(=O)[nH]1. The number of hydrogen-bond acceptors (Lipinski definition) is 4. The average Bonchev–Trinajstić information content (AvgIpc) is 1.85. The third kappa shape index (κ3) is 1.23. The van der Waals surface area contributed by atoms with Gasteiger partial charge in [-0.15, -0.1) is 0 Å². The first-order chi connectivity index (χ1) is 4.72. The molecule has 1 rings (SSSR count). The normalized spacial score (nSPS) is 9.30. The monoisotopic (exact) mass is 143 g/mol. The number of hydrogen-bond donors (Lipinski definition) is 4. The van der Waals surface area contributed by atoms with E-state index in [0.717, 1.165) is 6.07 Å². The van der Waals surface area contributed by atoms with Gasteiger partial charge in [-0.2, -0.15) is 0 Å². The lowest BCUT2D eigenvalue weighted by molar-refractivity contribution is 0.385. The Morgan fingerprint density at radius 1 is 1.40 bits per heavy atom. The van der Waals surface area contributed by atoms with Crippen molar-refractivity contribution in [3.8, 4) is 0 Å². The first kappa shape index (κ1) is 6.56. The van der Waals surface area contributed by atoms with Crippen molar-refractivity contribution in [2.45, 2.75) is 0 Å². The number of H-pyrrole nitrogens is 2. The van der Waals surface area contributed by atoms with E-state index in [2.05, 4.69) is 4.98 Å². The number of aromatic amines is 2. The molecule has 0 aliphatic rings. The van der Waals surface area contributed by atoms with Crippen LogP contribution in [0.2, 0.25) is 0 Å². The minimum Gasteiger partial charge on any atom is -0.292 e. The van der Waals surface area contributed by atoms with Gasteiger partial charge >= 0.3 is 5.69 Å². The third-order valence-electron chi connectivity index (χ3n) is 0.881. The predicted octanol–water partition coefficient (Wildman–Crippen LogP) is -1.14. The summed E-state index contributed by atoms with van der Waals surface area (Å²) in [7, 11) is 0. The maximum Gasteiger partial charge on any atom is 0.327 e. The number of aromatic nitrogens is 2. The zero-order chi connectivity index (χ0) is 7.56. The molecule has 54 valence electrons. The Labute approximate surface area is 54.5 Å². The molecular weight excluding hydrogens is 138 g/mol. The molecular formula is C4H5N3O3. The Kier molecular flexibility index (Phi) is 1.55. The Balaban J connectivity index is 3.33. The quantitative estimate of drug-likeness (QED) is 0.373. The second-order valence-corrected chi connectivity index (χ2v) is 1.61. The molecule has 0 aromatic carbocycles. The molecule has 0 fully saturated rings. The van der Waals surface area contributed by atoms with Gasteiger partial charge in [-0.05, 0) is 0 Å². The molecule has 0 aliphatic heterocycles. The second kappa shape index (κ2) is 2.36. The standard InChI is InChI=1S/C4H5N3O3/c8-3-1-2(7-10)5-4(9)6-3/h1,10H,(H3,5,6,7,8,9). The van der Waals surface area contributed by atoms with Crippen LogP contribution >= 0.6 is 0 Å². The summed E-state index contributed by atoms with van der Waals surface area (Å²) in [4.78, 5) is 24.9. The van der Waals surface area contributed by atoms with E-state index in [4.69, 9.17) is 5.21 Å². The summed E-state index contributed by atoms with van der Waals surface area (Å²) in [6.07, 6.45) is 0. The Bertz CT molecular complexity index is 297. The van der Waals surface area contributed by atoms with Gasteiger partial charge in [0.15, 0.2) is 0 Å². The zero-order valence-electron chi connectivity index (χ0n) is 4.84.